The van der Waals surface area contributed by atoms with Gasteiger partial charge in [0.05, 0.1) is 13.2 Å². The summed E-state index contributed by atoms with van der Waals surface area (Å²) >= 11 is 0. The molecule has 0 aliphatic carbocycles. The van der Waals surface area contributed by atoms with Crippen molar-refractivity contribution < 1.29 is 14.3 Å². The third kappa shape index (κ3) is 2.81. The van der Waals surface area contributed by atoms with Gasteiger partial charge in [0.1, 0.15) is 17.1 Å². The molecule has 1 atom stereocenters. The maximum atomic E-state index is 9.96. The van der Waals surface area contributed by atoms with E-state index in [9.17, 15) is 5.11 Å². The first kappa shape index (κ1) is 10.7. The largest absolute Gasteiger partial charge is 0.465 e. The SMILES string of the molecule is Cc1ccc(CNCC2(O)CCOC2)o1. The summed E-state index contributed by atoms with van der Waals surface area (Å²) in [5.41, 5.74) is -0.693. The van der Waals surface area contributed by atoms with E-state index in [1.54, 1.807) is 0 Å². The van der Waals surface area contributed by atoms with Crippen LogP contribution in [0.2, 0.25) is 0 Å². The zero-order valence-electron chi connectivity index (χ0n) is 8.95. The van der Waals surface area contributed by atoms with Crippen LogP contribution in [0, 0.1) is 6.92 Å². The highest BCUT2D eigenvalue weighted by atomic mass is 16.5. The van der Waals surface area contributed by atoms with Crippen LogP contribution in [0.5, 0.6) is 0 Å². The molecule has 0 saturated carbocycles. The van der Waals surface area contributed by atoms with E-state index < -0.39 is 5.60 Å². The number of hydrogen-bond donors (Lipinski definition) is 2. The van der Waals surface area contributed by atoms with Crippen LogP contribution in [-0.4, -0.2) is 30.5 Å². The first-order chi connectivity index (χ1) is 7.18. The molecule has 0 aromatic carbocycles. The van der Waals surface area contributed by atoms with Crippen molar-refractivity contribution in [2.75, 3.05) is 19.8 Å². The van der Waals surface area contributed by atoms with Gasteiger partial charge < -0.3 is 19.6 Å². The number of aliphatic hydroxyl groups is 1. The Morgan fingerprint density at radius 1 is 1.53 bits per heavy atom. The summed E-state index contributed by atoms with van der Waals surface area (Å²) in [6, 6.07) is 3.88. The van der Waals surface area contributed by atoms with E-state index in [1.165, 1.54) is 0 Å². The zero-order chi connectivity index (χ0) is 10.7. The summed E-state index contributed by atoms with van der Waals surface area (Å²) in [6.07, 6.45) is 0.706. The van der Waals surface area contributed by atoms with Crippen LogP contribution in [0.1, 0.15) is 17.9 Å². The molecule has 1 saturated heterocycles. The molecule has 2 rings (SSSR count). The minimum atomic E-state index is -0.693. The summed E-state index contributed by atoms with van der Waals surface area (Å²) in [5, 5.41) is 13.1. The molecule has 4 heteroatoms. The van der Waals surface area contributed by atoms with E-state index in [2.05, 4.69) is 5.32 Å². The van der Waals surface area contributed by atoms with E-state index >= 15 is 0 Å². The average molecular weight is 211 g/mol. The van der Waals surface area contributed by atoms with E-state index in [4.69, 9.17) is 9.15 Å². The molecule has 1 aliphatic rings. The van der Waals surface area contributed by atoms with Crippen LogP contribution in [0.4, 0.5) is 0 Å². The molecule has 0 radical (unpaired) electrons. The van der Waals surface area contributed by atoms with E-state index in [0.717, 1.165) is 11.5 Å². The number of furan rings is 1. The predicted molar refractivity (Wildman–Crippen MR) is 55.5 cm³/mol. The lowest BCUT2D eigenvalue weighted by molar-refractivity contribution is 0.0265. The van der Waals surface area contributed by atoms with Gasteiger partial charge in [0.2, 0.25) is 0 Å². The first-order valence-electron chi connectivity index (χ1n) is 5.24. The van der Waals surface area contributed by atoms with Crippen LogP contribution >= 0.6 is 0 Å². The maximum Gasteiger partial charge on any atom is 0.117 e. The Morgan fingerprint density at radius 3 is 3.00 bits per heavy atom. The fourth-order valence-electron chi connectivity index (χ4n) is 1.73. The molecule has 1 aliphatic heterocycles. The average Bonchev–Trinajstić information content (AvgIpc) is 2.76. The van der Waals surface area contributed by atoms with Gasteiger partial charge in [-0.1, -0.05) is 0 Å². The molecular formula is C11H17NO3. The van der Waals surface area contributed by atoms with Crippen molar-refractivity contribution in [2.24, 2.45) is 0 Å². The fourth-order valence-corrected chi connectivity index (χ4v) is 1.73. The smallest absolute Gasteiger partial charge is 0.117 e. The molecule has 0 spiro atoms. The van der Waals surface area contributed by atoms with E-state index in [1.807, 2.05) is 19.1 Å². The number of nitrogens with one attached hydrogen (secondary N) is 1. The lowest BCUT2D eigenvalue weighted by Gasteiger charge is -2.20. The van der Waals surface area contributed by atoms with Crippen LogP contribution in [-0.2, 0) is 11.3 Å². The third-order valence-electron chi connectivity index (χ3n) is 2.63. The molecule has 15 heavy (non-hydrogen) atoms. The molecule has 84 valence electrons. The highest BCUT2D eigenvalue weighted by Crippen LogP contribution is 2.17. The zero-order valence-corrected chi connectivity index (χ0v) is 8.95. The number of hydrogen-bond acceptors (Lipinski definition) is 4. The number of ether oxygens (including phenoxy) is 1. The lowest BCUT2D eigenvalue weighted by Crippen LogP contribution is -2.40. The minimum Gasteiger partial charge on any atom is -0.465 e. The van der Waals surface area contributed by atoms with E-state index in [-0.39, 0.29) is 0 Å². The molecular weight excluding hydrogens is 194 g/mol. The summed E-state index contributed by atoms with van der Waals surface area (Å²) in [5.74, 6) is 1.81. The highest BCUT2D eigenvalue weighted by molar-refractivity contribution is 5.05. The molecule has 0 bridgehead atoms. The van der Waals surface area contributed by atoms with Crippen LogP contribution in [0.3, 0.4) is 0 Å². The fraction of sp³-hybridized carbons (Fsp3) is 0.636. The van der Waals surface area contributed by atoms with Gasteiger partial charge in [-0.25, -0.2) is 0 Å². The molecule has 1 unspecified atom stereocenters. The van der Waals surface area contributed by atoms with Crippen molar-refractivity contribution in [1.29, 1.82) is 0 Å². The van der Waals surface area contributed by atoms with Gasteiger partial charge in [-0.3, -0.25) is 0 Å². The molecule has 1 aromatic rings. The molecule has 0 amide bonds. The second-order valence-corrected chi connectivity index (χ2v) is 4.14. The van der Waals surface area contributed by atoms with Crippen molar-refractivity contribution in [1.82, 2.24) is 5.32 Å². The summed E-state index contributed by atoms with van der Waals surface area (Å²) < 4.78 is 10.6. The standard InChI is InChI=1S/C11H17NO3/c1-9-2-3-10(15-9)6-12-7-11(13)4-5-14-8-11/h2-3,12-13H,4-8H2,1H3. The minimum absolute atomic E-state index is 0.428. The van der Waals surface area contributed by atoms with Gasteiger partial charge >= 0.3 is 0 Å². The predicted octanol–water partition coefficient (Wildman–Crippen LogP) is 0.829. The quantitative estimate of drug-likeness (QED) is 0.774. The summed E-state index contributed by atoms with van der Waals surface area (Å²) in [6.45, 7) is 4.19. The Kier molecular flexibility index (Phi) is 3.09. The Bertz CT molecular complexity index is 315. The highest BCUT2D eigenvalue weighted by Gasteiger charge is 2.31. The second kappa shape index (κ2) is 4.35. The lowest BCUT2D eigenvalue weighted by atomic mass is 10.0. The normalized spacial score (nSPS) is 26.0. The van der Waals surface area contributed by atoms with Crippen LogP contribution < -0.4 is 5.32 Å². The Labute approximate surface area is 89.2 Å². The Morgan fingerprint density at radius 2 is 2.40 bits per heavy atom. The van der Waals surface area contributed by atoms with Crippen molar-refractivity contribution >= 4 is 0 Å². The molecule has 2 heterocycles. The Balaban J connectivity index is 1.75. The van der Waals surface area contributed by atoms with E-state index in [0.29, 0.717) is 32.7 Å². The second-order valence-electron chi connectivity index (χ2n) is 4.14. The molecule has 4 nitrogen and oxygen atoms in total. The number of rotatable bonds is 4. The summed E-state index contributed by atoms with van der Waals surface area (Å²) in [4.78, 5) is 0. The molecule has 2 N–H and O–H groups in total. The Hall–Kier alpha value is -0.840. The maximum absolute atomic E-state index is 9.96. The monoisotopic (exact) mass is 211 g/mol. The van der Waals surface area contributed by atoms with Gasteiger partial charge in [0.25, 0.3) is 0 Å². The third-order valence-corrected chi connectivity index (χ3v) is 2.63. The van der Waals surface area contributed by atoms with Gasteiger partial charge in [-0.05, 0) is 19.1 Å². The van der Waals surface area contributed by atoms with Crippen molar-refractivity contribution in [2.45, 2.75) is 25.5 Å². The van der Waals surface area contributed by atoms with Crippen molar-refractivity contribution in [3.05, 3.63) is 23.7 Å². The van der Waals surface area contributed by atoms with Gasteiger partial charge in [-0.2, -0.15) is 0 Å². The topological polar surface area (TPSA) is 54.6 Å². The van der Waals surface area contributed by atoms with Crippen molar-refractivity contribution in [3.63, 3.8) is 0 Å². The van der Waals surface area contributed by atoms with Crippen LogP contribution in [0.15, 0.2) is 16.5 Å². The summed E-state index contributed by atoms with van der Waals surface area (Å²) in [7, 11) is 0. The first-order valence-corrected chi connectivity index (χ1v) is 5.24. The molecule has 1 aromatic heterocycles. The van der Waals surface area contributed by atoms with Crippen molar-refractivity contribution in [3.8, 4) is 0 Å². The van der Waals surface area contributed by atoms with Gasteiger partial charge in [-0.15, -0.1) is 0 Å². The van der Waals surface area contributed by atoms with Crippen LogP contribution in [0.25, 0.3) is 0 Å². The van der Waals surface area contributed by atoms with Gasteiger partial charge in [0, 0.05) is 19.6 Å². The number of aryl methyl sites for hydroxylation is 1. The van der Waals surface area contributed by atoms with Gasteiger partial charge in [0.15, 0.2) is 0 Å². The molecule has 1 fully saturated rings.